The average Bonchev–Trinajstić information content (AvgIpc) is 3.57. The zero-order chi connectivity index (χ0) is 37.0. The Bertz CT molecular complexity index is 1430. The molecule has 0 spiro atoms. The molecule has 3 amide bonds. The van der Waals surface area contributed by atoms with Gasteiger partial charge in [-0.25, -0.2) is 4.98 Å². The summed E-state index contributed by atoms with van der Waals surface area (Å²) in [4.78, 5) is 70.7. The minimum atomic E-state index is -0.831. The van der Waals surface area contributed by atoms with Crippen LogP contribution < -0.4 is 16.0 Å². The van der Waals surface area contributed by atoms with Gasteiger partial charge in [0, 0.05) is 36.7 Å². The number of hydrogen-bond acceptors (Lipinski definition) is 10. The Hall–Kier alpha value is -3.84. The summed E-state index contributed by atoms with van der Waals surface area (Å²) in [5.74, 6) is -1.72. The normalized spacial score (nSPS) is 18.6. The van der Waals surface area contributed by atoms with E-state index in [0.717, 1.165) is 37.7 Å². The molecular weight excluding hydrogens is 659 g/mol. The summed E-state index contributed by atoms with van der Waals surface area (Å²) in [7, 11) is 1.93. The number of carbonyl (C=O) groups is 5. The molecule has 0 saturated carbocycles. The largest absolute Gasteiger partial charge is 0.508 e. The summed E-state index contributed by atoms with van der Waals surface area (Å²) in [5.41, 5.74) is 1.03. The van der Waals surface area contributed by atoms with Crippen molar-refractivity contribution in [2.75, 3.05) is 13.6 Å². The molecule has 2 aromatic rings. The topological polar surface area (TPSA) is 167 Å². The SMILES string of the molecule is CCC(C)[C@H](NC(=O)[C@H]1CCCCN1C)C(=O)N[C@H](C[C@@H](OC(C)=O)c1nc(C(=O)N[C@@H](Cc2ccc(O)cc2)C[C@H](C)C=O)cs1)C(C)C. The van der Waals surface area contributed by atoms with E-state index in [9.17, 15) is 29.1 Å². The quantitative estimate of drug-likeness (QED) is 0.128. The number of nitrogens with zero attached hydrogens (tertiary/aromatic N) is 2. The number of carbonyl (C=O) groups excluding carboxylic acids is 5. The first-order chi connectivity index (χ1) is 23.7. The van der Waals surface area contributed by atoms with Crippen molar-refractivity contribution in [2.45, 2.75) is 117 Å². The highest BCUT2D eigenvalue weighted by Gasteiger charge is 2.34. The van der Waals surface area contributed by atoms with Crippen LogP contribution in [0.5, 0.6) is 5.75 Å². The van der Waals surface area contributed by atoms with E-state index in [1.54, 1.807) is 36.6 Å². The fourth-order valence-electron chi connectivity index (χ4n) is 6.17. The number of likely N-dealkylation sites (N-methyl/N-ethyl adjacent to an activating group) is 1. The fourth-order valence-corrected chi connectivity index (χ4v) is 7.01. The van der Waals surface area contributed by atoms with Crippen LogP contribution in [0.3, 0.4) is 0 Å². The predicted octanol–water partition coefficient (Wildman–Crippen LogP) is 4.57. The highest BCUT2D eigenvalue weighted by Crippen LogP contribution is 2.29. The van der Waals surface area contributed by atoms with Crippen LogP contribution in [0.4, 0.5) is 0 Å². The van der Waals surface area contributed by atoms with Crippen molar-refractivity contribution >= 4 is 41.3 Å². The van der Waals surface area contributed by atoms with Gasteiger partial charge in [-0.15, -0.1) is 11.3 Å². The molecule has 13 heteroatoms. The van der Waals surface area contributed by atoms with Gasteiger partial charge in [0.2, 0.25) is 11.8 Å². The number of amides is 3. The van der Waals surface area contributed by atoms with Crippen molar-refractivity contribution in [2.24, 2.45) is 17.8 Å². The molecule has 0 bridgehead atoms. The van der Waals surface area contributed by atoms with Crippen LogP contribution >= 0.6 is 11.3 Å². The van der Waals surface area contributed by atoms with E-state index in [4.69, 9.17) is 4.74 Å². The van der Waals surface area contributed by atoms with Gasteiger partial charge < -0.3 is 30.6 Å². The van der Waals surface area contributed by atoms with Crippen LogP contribution in [-0.2, 0) is 30.3 Å². The summed E-state index contributed by atoms with van der Waals surface area (Å²) in [6.45, 7) is 11.8. The Morgan fingerprint density at radius 3 is 2.36 bits per heavy atom. The van der Waals surface area contributed by atoms with E-state index in [2.05, 4.69) is 20.9 Å². The molecule has 3 rings (SSSR count). The van der Waals surface area contributed by atoms with Crippen molar-refractivity contribution in [1.29, 1.82) is 0 Å². The maximum absolute atomic E-state index is 13.8. The number of piperidine rings is 1. The second kappa shape index (κ2) is 19.5. The second-order valence-electron chi connectivity index (χ2n) is 14.0. The molecule has 7 atom stereocenters. The molecule has 1 fully saturated rings. The molecule has 1 aromatic carbocycles. The van der Waals surface area contributed by atoms with Gasteiger partial charge in [-0.3, -0.25) is 24.1 Å². The molecule has 1 saturated heterocycles. The average molecular weight is 714 g/mol. The van der Waals surface area contributed by atoms with Crippen molar-refractivity contribution < 1.29 is 33.8 Å². The zero-order valence-electron chi connectivity index (χ0n) is 30.4. The monoisotopic (exact) mass is 713 g/mol. The molecule has 276 valence electrons. The van der Waals surface area contributed by atoms with E-state index in [-0.39, 0.29) is 59.5 Å². The lowest BCUT2D eigenvalue weighted by atomic mass is 9.94. The van der Waals surface area contributed by atoms with Crippen molar-refractivity contribution in [1.82, 2.24) is 25.8 Å². The third kappa shape index (κ3) is 12.2. The molecule has 50 heavy (non-hydrogen) atoms. The number of likely N-dealkylation sites (tertiary alicyclic amines) is 1. The molecule has 1 unspecified atom stereocenters. The number of hydrogen-bond donors (Lipinski definition) is 4. The molecule has 1 aromatic heterocycles. The van der Waals surface area contributed by atoms with Crippen LogP contribution in [-0.4, -0.2) is 82.7 Å². The Morgan fingerprint density at radius 2 is 1.76 bits per heavy atom. The fraction of sp³-hybridized carbons (Fsp3) is 0.622. The smallest absolute Gasteiger partial charge is 0.303 e. The number of phenols is 1. The van der Waals surface area contributed by atoms with Gasteiger partial charge in [0.05, 0.1) is 6.04 Å². The van der Waals surface area contributed by atoms with Crippen LogP contribution in [0, 0.1) is 17.8 Å². The summed E-state index contributed by atoms with van der Waals surface area (Å²) < 4.78 is 5.70. The van der Waals surface area contributed by atoms with Crippen molar-refractivity contribution in [3.05, 3.63) is 45.9 Å². The Balaban J connectivity index is 1.76. The number of benzene rings is 1. The van der Waals surface area contributed by atoms with Gasteiger partial charge in [0.15, 0.2) is 6.10 Å². The van der Waals surface area contributed by atoms with Crippen LogP contribution in [0.15, 0.2) is 29.6 Å². The van der Waals surface area contributed by atoms with E-state index in [1.807, 2.05) is 39.6 Å². The number of ether oxygens (including phenoxy) is 1. The first-order valence-corrected chi connectivity index (χ1v) is 18.6. The molecule has 2 heterocycles. The Kier molecular flexibility index (Phi) is 15.8. The Labute approximate surface area is 300 Å². The first-order valence-electron chi connectivity index (χ1n) is 17.7. The molecule has 0 aliphatic carbocycles. The molecule has 4 N–H and O–H groups in total. The lowest BCUT2D eigenvalue weighted by Crippen LogP contribution is -2.57. The lowest BCUT2D eigenvalue weighted by molar-refractivity contribution is -0.147. The number of nitrogens with one attached hydrogen (secondary N) is 3. The molecule has 0 radical (unpaired) electrons. The number of aromatic nitrogens is 1. The van der Waals surface area contributed by atoms with Crippen molar-refractivity contribution in [3.63, 3.8) is 0 Å². The van der Waals surface area contributed by atoms with Gasteiger partial charge in [0.25, 0.3) is 5.91 Å². The number of phenolic OH excluding ortho intramolecular Hbond substituents is 1. The van der Waals surface area contributed by atoms with Gasteiger partial charge in [-0.1, -0.05) is 59.6 Å². The molecular formula is C37H55N5O7S. The highest BCUT2D eigenvalue weighted by atomic mass is 32.1. The van der Waals surface area contributed by atoms with E-state index in [0.29, 0.717) is 24.3 Å². The minimum Gasteiger partial charge on any atom is -0.508 e. The van der Waals surface area contributed by atoms with E-state index < -0.39 is 30.1 Å². The number of rotatable bonds is 18. The standard InChI is InChI=1S/C37H55N5O7S/c1-8-24(5)33(41-35(47)31-11-9-10-16-42(31)7)36(48)39-29(22(2)3)19-32(49-25(6)44)37-40-30(21-50-37)34(46)38-27(17-23(4)20-43)18-26-12-14-28(45)15-13-26/h12-15,20-24,27,29,31-33,45H,8-11,16-19H2,1-7H3,(H,38,46)(H,39,48)(H,41,47)/t23-,24?,27+,29+,31+,32+,33-/m0/s1. The maximum Gasteiger partial charge on any atom is 0.303 e. The number of aldehydes is 1. The number of aromatic hydroxyl groups is 1. The lowest BCUT2D eigenvalue weighted by Gasteiger charge is -2.34. The highest BCUT2D eigenvalue weighted by molar-refractivity contribution is 7.09. The number of esters is 1. The second-order valence-corrected chi connectivity index (χ2v) is 14.9. The predicted molar refractivity (Wildman–Crippen MR) is 193 cm³/mol. The molecule has 1 aliphatic heterocycles. The molecule has 12 nitrogen and oxygen atoms in total. The van der Waals surface area contributed by atoms with Crippen LogP contribution in [0.1, 0.15) is 107 Å². The zero-order valence-corrected chi connectivity index (χ0v) is 31.3. The van der Waals surface area contributed by atoms with Crippen LogP contribution in [0.25, 0.3) is 0 Å². The minimum absolute atomic E-state index is 0.0574. The third-order valence-corrected chi connectivity index (χ3v) is 10.4. The van der Waals surface area contributed by atoms with Gasteiger partial charge in [0.1, 0.15) is 28.8 Å². The summed E-state index contributed by atoms with van der Waals surface area (Å²) in [6, 6.07) is 4.86. The van der Waals surface area contributed by atoms with Gasteiger partial charge in [-0.05, 0) is 68.8 Å². The summed E-state index contributed by atoms with van der Waals surface area (Å²) in [6.07, 6.45) is 4.54. The summed E-state index contributed by atoms with van der Waals surface area (Å²) >= 11 is 1.18. The maximum atomic E-state index is 13.8. The van der Waals surface area contributed by atoms with Crippen LogP contribution in [0.2, 0.25) is 0 Å². The number of thiazole rings is 1. The third-order valence-electron chi connectivity index (χ3n) is 9.45. The van der Waals surface area contributed by atoms with Gasteiger partial charge in [-0.2, -0.15) is 0 Å². The van der Waals surface area contributed by atoms with E-state index in [1.165, 1.54) is 18.3 Å². The van der Waals surface area contributed by atoms with E-state index >= 15 is 0 Å². The first kappa shape index (κ1) is 40.6. The van der Waals surface area contributed by atoms with Crippen molar-refractivity contribution in [3.8, 4) is 5.75 Å². The molecule has 1 aliphatic rings. The van der Waals surface area contributed by atoms with Gasteiger partial charge >= 0.3 is 5.97 Å². The Morgan fingerprint density at radius 1 is 1.06 bits per heavy atom. The summed E-state index contributed by atoms with van der Waals surface area (Å²) in [5, 5.41) is 20.8.